The molecule has 0 fully saturated rings. The molecule has 0 spiro atoms. The molecule has 2 aromatic rings. The third-order valence-corrected chi connectivity index (χ3v) is 5.22. The van der Waals surface area contributed by atoms with Crippen LogP contribution in [0.2, 0.25) is 0 Å². The number of urea groups is 1. The highest BCUT2D eigenvalue weighted by atomic mass is 19.1. The summed E-state index contributed by atoms with van der Waals surface area (Å²) in [5.41, 5.74) is 2.60. The van der Waals surface area contributed by atoms with Crippen LogP contribution >= 0.6 is 0 Å². The molecule has 8 heteroatoms. The van der Waals surface area contributed by atoms with Gasteiger partial charge in [-0.1, -0.05) is 12.1 Å². The lowest BCUT2D eigenvalue weighted by Crippen LogP contribution is -2.50. The van der Waals surface area contributed by atoms with Crippen LogP contribution in [0.3, 0.4) is 0 Å². The van der Waals surface area contributed by atoms with Gasteiger partial charge < -0.3 is 24.4 Å². The van der Waals surface area contributed by atoms with Crippen LogP contribution in [0.15, 0.2) is 36.4 Å². The van der Waals surface area contributed by atoms with Crippen molar-refractivity contribution < 1.29 is 28.2 Å². The number of ether oxygens (including phenoxy) is 3. The first kappa shape index (κ1) is 21.4. The van der Waals surface area contributed by atoms with Crippen LogP contribution in [-0.4, -0.2) is 50.8 Å². The van der Waals surface area contributed by atoms with Gasteiger partial charge in [-0.05, 0) is 54.3 Å². The van der Waals surface area contributed by atoms with Crippen molar-refractivity contribution in [2.45, 2.75) is 25.4 Å². The maximum absolute atomic E-state index is 13.5. The molecule has 7 nitrogen and oxygen atoms in total. The molecular formula is C22H25FN2O5. The van der Waals surface area contributed by atoms with E-state index in [0.29, 0.717) is 24.5 Å². The quantitative estimate of drug-likeness (QED) is 0.758. The zero-order valence-electron chi connectivity index (χ0n) is 17.4. The predicted octanol–water partition coefficient (Wildman–Crippen LogP) is 3.06. The molecule has 0 saturated heterocycles. The number of nitrogens with zero attached hydrogens (tertiary/aromatic N) is 1. The van der Waals surface area contributed by atoms with Gasteiger partial charge in [-0.2, -0.15) is 0 Å². The lowest BCUT2D eigenvalue weighted by Gasteiger charge is -2.38. The Hall–Kier alpha value is -3.29. The normalized spacial score (nSPS) is 16.3. The van der Waals surface area contributed by atoms with Crippen LogP contribution in [-0.2, 0) is 16.0 Å². The highest BCUT2D eigenvalue weighted by Crippen LogP contribution is 2.41. The minimum Gasteiger partial charge on any atom is -0.493 e. The molecule has 0 saturated carbocycles. The first-order valence-electron chi connectivity index (χ1n) is 9.54. The molecule has 1 heterocycles. The number of hydrogen-bond donors (Lipinski definition) is 1. The minimum absolute atomic E-state index is 0.364. The fourth-order valence-corrected chi connectivity index (χ4v) is 3.67. The Kier molecular flexibility index (Phi) is 6.44. The van der Waals surface area contributed by atoms with Crippen LogP contribution in [0.5, 0.6) is 11.5 Å². The molecular weight excluding hydrogens is 391 g/mol. The standard InChI is InChI=1S/C22H25FN2O5/c1-13(21(26)30-4)24-22(27)25-10-9-15-11-18(28-2)19(29-3)12-17(15)20(25)14-5-7-16(23)8-6-14/h5-8,11-13,20H,9-10H2,1-4H3,(H,24,27)/t13-,20+/m1/s1. The van der Waals surface area contributed by atoms with E-state index in [1.807, 2.05) is 12.1 Å². The number of carbonyl (C=O) groups is 2. The Morgan fingerprint density at radius 2 is 1.73 bits per heavy atom. The Morgan fingerprint density at radius 3 is 2.33 bits per heavy atom. The van der Waals surface area contributed by atoms with Crippen LogP contribution in [0.25, 0.3) is 0 Å². The van der Waals surface area contributed by atoms with Gasteiger partial charge in [0.25, 0.3) is 0 Å². The molecule has 2 atom stereocenters. The van der Waals surface area contributed by atoms with Gasteiger partial charge in [0.1, 0.15) is 11.9 Å². The lowest BCUT2D eigenvalue weighted by molar-refractivity contribution is -0.142. The molecule has 0 radical (unpaired) electrons. The Morgan fingerprint density at radius 1 is 1.10 bits per heavy atom. The van der Waals surface area contributed by atoms with Crippen molar-refractivity contribution in [1.82, 2.24) is 10.2 Å². The maximum Gasteiger partial charge on any atom is 0.328 e. The predicted molar refractivity (Wildman–Crippen MR) is 108 cm³/mol. The van der Waals surface area contributed by atoms with E-state index < -0.39 is 24.1 Å². The van der Waals surface area contributed by atoms with E-state index in [9.17, 15) is 14.0 Å². The van der Waals surface area contributed by atoms with Crippen molar-refractivity contribution in [3.8, 4) is 11.5 Å². The summed E-state index contributed by atoms with van der Waals surface area (Å²) in [5.74, 6) is 0.239. The van der Waals surface area contributed by atoms with Gasteiger partial charge in [-0.15, -0.1) is 0 Å². The zero-order valence-corrected chi connectivity index (χ0v) is 17.4. The summed E-state index contributed by atoms with van der Waals surface area (Å²) in [6, 6.07) is 8.05. The fourth-order valence-electron chi connectivity index (χ4n) is 3.67. The van der Waals surface area contributed by atoms with E-state index in [1.54, 1.807) is 38.2 Å². The summed E-state index contributed by atoms with van der Waals surface area (Å²) in [6.45, 7) is 1.96. The number of methoxy groups -OCH3 is 3. The number of fused-ring (bicyclic) bond motifs is 1. The molecule has 3 rings (SSSR count). The van der Waals surface area contributed by atoms with E-state index in [1.165, 1.54) is 19.2 Å². The molecule has 0 unspecified atom stereocenters. The van der Waals surface area contributed by atoms with Crippen molar-refractivity contribution in [2.75, 3.05) is 27.9 Å². The Bertz CT molecular complexity index is 932. The average Bonchev–Trinajstić information content (AvgIpc) is 2.77. The first-order chi connectivity index (χ1) is 14.4. The van der Waals surface area contributed by atoms with Crippen molar-refractivity contribution in [3.63, 3.8) is 0 Å². The number of rotatable bonds is 5. The molecule has 160 valence electrons. The topological polar surface area (TPSA) is 77.1 Å². The highest BCUT2D eigenvalue weighted by Gasteiger charge is 2.34. The third-order valence-electron chi connectivity index (χ3n) is 5.22. The second kappa shape index (κ2) is 9.02. The summed E-state index contributed by atoms with van der Waals surface area (Å²) < 4.78 is 29.1. The number of nitrogens with one attached hydrogen (secondary N) is 1. The molecule has 30 heavy (non-hydrogen) atoms. The first-order valence-corrected chi connectivity index (χ1v) is 9.54. The highest BCUT2D eigenvalue weighted by molar-refractivity contribution is 5.84. The van der Waals surface area contributed by atoms with Gasteiger partial charge >= 0.3 is 12.0 Å². The largest absolute Gasteiger partial charge is 0.493 e. The molecule has 0 aliphatic carbocycles. The van der Waals surface area contributed by atoms with Crippen LogP contribution in [0.1, 0.15) is 29.7 Å². The van der Waals surface area contributed by atoms with Crippen molar-refractivity contribution in [2.24, 2.45) is 0 Å². The van der Waals surface area contributed by atoms with Gasteiger partial charge in [-0.25, -0.2) is 14.0 Å². The molecule has 2 aromatic carbocycles. The fraction of sp³-hybridized carbons (Fsp3) is 0.364. The van der Waals surface area contributed by atoms with Gasteiger partial charge in [-0.3, -0.25) is 0 Å². The zero-order chi connectivity index (χ0) is 21.8. The van der Waals surface area contributed by atoms with E-state index in [2.05, 4.69) is 5.32 Å². The molecule has 1 aliphatic heterocycles. The van der Waals surface area contributed by atoms with E-state index in [4.69, 9.17) is 14.2 Å². The number of carbonyl (C=O) groups excluding carboxylic acids is 2. The monoisotopic (exact) mass is 416 g/mol. The molecule has 0 bridgehead atoms. The second-order valence-electron chi connectivity index (χ2n) is 7.00. The number of esters is 1. The Balaban J connectivity index is 2.04. The molecule has 1 aliphatic rings. The third kappa shape index (κ3) is 4.17. The van der Waals surface area contributed by atoms with Crippen molar-refractivity contribution in [3.05, 3.63) is 58.9 Å². The number of hydrogen-bond acceptors (Lipinski definition) is 5. The number of amides is 2. The molecule has 0 aromatic heterocycles. The van der Waals surface area contributed by atoms with Crippen LogP contribution < -0.4 is 14.8 Å². The van der Waals surface area contributed by atoms with Crippen LogP contribution in [0.4, 0.5) is 9.18 Å². The smallest absolute Gasteiger partial charge is 0.328 e. The van der Waals surface area contributed by atoms with E-state index in [-0.39, 0.29) is 5.82 Å². The van der Waals surface area contributed by atoms with Gasteiger partial charge in [0.05, 0.1) is 27.4 Å². The number of benzene rings is 2. The van der Waals surface area contributed by atoms with E-state index >= 15 is 0 Å². The summed E-state index contributed by atoms with van der Waals surface area (Å²) in [7, 11) is 4.38. The Labute approximate surface area is 174 Å². The summed E-state index contributed by atoms with van der Waals surface area (Å²) >= 11 is 0. The molecule has 1 N–H and O–H groups in total. The minimum atomic E-state index is -0.803. The summed E-state index contributed by atoms with van der Waals surface area (Å²) in [6.07, 6.45) is 0.591. The van der Waals surface area contributed by atoms with Gasteiger partial charge in [0, 0.05) is 6.54 Å². The maximum atomic E-state index is 13.5. The second-order valence-corrected chi connectivity index (χ2v) is 7.00. The van der Waals surface area contributed by atoms with Gasteiger partial charge in [0.15, 0.2) is 11.5 Å². The van der Waals surface area contributed by atoms with Crippen molar-refractivity contribution in [1.29, 1.82) is 0 Å². The lowest BCUT2D eigenvalue weighted by atomic mass is 9.88. The summed E-state index contributed by atoms with van der Waals surface area (Å²) in [4.78, 5) is 26.4. The number of halogens is 1. The average molecular weight is 416 g/mol. The van der Waals surface area contributed by atoms with Gasteiger partial charge in [0.2, 0.25) is 0 Å². The summed E-state index contributed by atoms with van der Waals surface area (Å²) in [5, 5.41) is 2.68. The van der Waals surface area contributed by atoms with Crippen LogP contribution in [0, 0.1) is 5.82 Å². The van der Waals surface area contributed by atoms with E-state index in [0.717, 1.165) is 16.7 Å². The molecule has 2 amide bonds. The van der Waals surface area contributed by atoms with Crippen molar-refractivity contribution >= 4 is 12.0 Å². The SMILES string of the molecule is COC(=O)[C@@H](C)NC(=O)N1CCc2cc(OC)c(OC)cc2[C@@H]1c1ccc(F)cc1.